The number of carbonyl (C=O) groups is 2. The molecule has 0 heterocycles. The molecule has 0 aliphatic carbocycles. The Morgan fingerprint density at radius 1 is 1.12 bits per heavy atom. The summed E-state index contributed by atoms with van der Waals surface area (Å²) in [5, 5.41) is 3.11. The largest absolute Gasteiger partial charge is 0.374 e. The molecule has 0 saturated heterocycles. The molecule has 1 unspecified atom stereocenters. The molecule has 2 atom stereocenters. The van der Waals surface area contributed by atoms with Crippen LogP contribution >= 0.6 is 0 Å². The first-order chi connectivity index (χ1) is 11.9. The Kier molecular flexibility index (Phi) is 9.97. The fourth-order valence-corrected chi connectivity index (χ4v) is 2.85. The van der Waals surface area contributed by atoms with Gasteiger partial charge in [0.15, 0.2) is 0 Å². The maximum Gasteiger partial charge on any atom is 0.243 e. The smallest absolute Gasteiger partial charge is 0.243 e. The molecule has 0 rings (SSSR count). The van der Waals surface area contributed by atoms with Crippen molar-refractivity contribution in [3.63, 3.8) is 0 Å². The third-order valence-electron chi connectivity index (χ3n) is 4.64. The SMILES string of the molecule is C=C(C(NC(=O)[C@H](C)N(C)C(=O)CC(C)(C)C)C(C)C)N(CC)CCC. The summed E-state index contributed by atoms with van der Waals surface area (Å²) in [7, 11) is 1.70. The number of hydrogen-bond acceptors (Lipinski definition) is 3. The molecule has 26 heavy (non-hydrogen) atoms. The predicted octanol–water partition coefficient (Wildman–Crippen LogP) is 3.66. The lowest BCUT2D eigenvalue weighted by molar-refractivity contribution is -0.140. The normalized spacial score (nSPS) is 13.9. The van der Waals surface area contributed by atoms with Crippen LogP contribution in [0.5, 0.6) is 0 Å². The van der Waals surface area contributed by atoms with E-state index in [1.807, 2.05) is 20.8 Å². The maximum absolute atomic E-state index is 12.8. The van der Waals surface area contributed by atoms with E-state index < -0.39 is 6.04 Å². The Bertz CT molecular complexity index is 480. The predicted molar refractivity (Wildman–Crippen MR) is 110 cm³/mol. The van der Waals surface area contributed by atoms with E-state index in [9.17, 15) is 9.59 Å². The van der Waals surface area contributed by atoms with E-state index >= 15 is 0 Å². The van der Waals surface area contributed by atoms with E-state index in [0.29, 0.717) is 6.42 Å². The Labute approximate surface area is 161 Å². The van der Waals surface area contributed by atoms with Gasteiger partial charge in [-0.25, -0.2) is 0 Å². The van der Waals surface area contributed by atoms with Gasteiger partial charge in [0.1, 0.15) is 6.04 Å². The molecule has 5 nitrogen and oxygen atoms in total. The minimum Gasteiger partial charge on any atom is -0.374 e. The monoisotopic (exact) mass is 367 g/mol. The van der Waals surface area contributed by atoms with Crippen molar-refractivity contribution in [3.05, 3.63) is 12.3 Å². The fraction of sp³-hybridized carbons (Fsp3) is 0.810. The van der Waals surface area contributed by atoms with Crippen molar-refractivity contribution < 1.29 is 9.59 Å². The van der Waals surface area contributed by atoms with Crippen LogP contribution in [0.25, 0.3) is 0 Å². The Morgan fingerprint density at radius 2 is 1.65 bits per heavy atom. The first kappa shape index (κ1) is 24.5. The van der Waals surface area contributed by atoms with Crippen LogP contribution < -0.4 is 5.32 Å². The number of hydrogen-bond donors (Lipinski definition) is 1. The van der Waals surface area contributed by atoms with Gasteiger partial charge in [-0.1, -0.05) is 48.1 Å². The van der Waals surface area contributed by atoms with Crippen LogP contribution in [0.1, 0.15) is 68.2 Å². The lowest BCUT2D eigenvalue weighted by Gasteiger charge is -2.35. The summed E-state index contributed by atoms with van der Waals surface area (Å²) in [6.45, 7) is 22.3. The van der Waals surface area contributed by atoms with Gasteiger partial charge < -0.3 is 15.1 Å². The first-order valence-corrected chi connectivity index (χ1v) is 9.85. The summed E-state index contributed by atoms with van der Waals surface area (Å²) in [5.74, 6) is 0.0727. The number of likely N-dealkylation sites (N-methyl/N-ethyl adjacent to an activating group) is 2. The van der Waals surface area contributed by atoms with E-state index in [0.717, 1.165) is 25.2 Å². The average molecular weight is 368 g/mol. The summed E-state index contributed by atoms with van der Waals surface area (Å²) in [5.41, 5.74) is 0.839. The topological polar surface area (TPSA) is 52.7 Å². The number of nitrogens with one attached hydrogen (secondary N) is 1. The Balaban J connectivity index is 5.10. The van der Waals surface area contributed by atoms with Crippen molar-refractivity contribution in [1.82, 2.24) is 15.1 Å². The van der Waals surface area contributed by atoms with Crippen LogP contribution in [0.3, 0.4) is 0 Å². The van der Waals surface area contributed by atoms with Gasteiger partial charge in [0.25, 0.3) is 0 Å². The number of amides is 2. The second kappa shape index (κ2) is 10.6. The van der Waals surface area contributed by atoms with Crippen molar-refractivity contribution >= 4 is 11.8 Å². The van der Waals surface area contributed by atoms with E-state index in [1.54, 1.807) is 18.9 Å². The second-order valence-corrected chi connectivity index (χ2v) is 8.72. The van der Waals surface area contributed by atoms with Crippen LogP contribution in [0, 0.1) is 11.3 Å². The fourth-order valence-electron chi connectivity index (χ4n) is 2.85. The molecule has 0 fully saturated rings. The molecule has 0 bridgehead atoms. The van der Waals surface area contributed by atoms with Gasteiger partial charge in [0.05, 0.1) is 6.04 Å². The third-order valence-corrected chi connectivity index (χ3v) is 4.64. The van der Waals surface area contributed by atoms with Crippen molar-refractivity contribution in [3.8, 4) is 0 Å². The first-order valence-electron chi connectivity index (χ1n) is 9.85. The molecule has 0 aliphatic rings. The molecule has 0 saturated carbocycles. The van der Waals surface area contributed by atoms with E-state index in [4.69, 9.17) is 0 Å². The van der Waals surface area contributed by atoms with Crippen LogP contribution in [0.15, 0.2) is 12.3 Å². The van der Waals surface area contributed by atoms with E-state index in [2.05, 4.69) is 44.5 Å². The van der Waals surface area contributed by atoms with Gasteiger partial charge in [-0.05, 0) is 31.6 Å². The van der Waals surface area contributed by atoms with Gasteiger partial charge in [-0.3, -0.25) is 9.59 Å². The number of carbonyl (C=O) groups excluding carboxylic acids is 2. The van der Waals surface area contributed by atoms with E-state index in [1.165, 1.54) is 0 Å². The second-order valence-electron chi connectivity index (χ2n) is 8.72. The van der Waals surface area contributed by atoms with Crippen LogP contribution in [0.4, 0.5) is 0 Å². The number of rotatable bonds is 10. The molecule has 0 radical (unpaired) electrons. The molecular formula is C21H41N3O2. The minimum atomic E-state index is -0.514. The molecule has 152 valence electrons. The highest BCUT2D eigenvalue weighted by Gasteiger charge is 2.29. The van der Waals surface area contributed by atoms with Gasteiger partial charge in [-0.2, -0.15) is 0 Å². The molecule has 2 amide bonds. The molecular weight excluding hydrogens is 326 g/mol. The molecule has 0 aromatic heterocycles. The van der Waals surface area contributed by atoms with Crippen LogP contribution in [0.2, 0.25) is 0 Å². The highest BCUT2D eigenvalue weighted by molar-refractivity contribution is 5.87. The molecule has 1 N–H and O–H groups in total. The zero-order valence-electron chi connectivity index (χ0n) is 18.5. The Hall–Kier alpha value is -1.52. The summed E-state index contributed by atoms with van der Waals surface area (Å²) < 4.78 is 0. The lowest BCUT2D eigenvalue weighted by Crippen LogP contribution is -2.52. The van der Waals surface area contributed by atoms with Crippen LogP contribution in [-0.4, -0.2) is 53.8 Å². The average Bonchev–Trinajstić information content (AvgIpc) is 2.53. The Morgan fingerprint density at radius 3 is 2.04 bits per heavy atom. The van der Waals surface area contributed by atoms with Gasteiger partial charge >= 0.3 is 0 Å². The summed E-state index contributed by atoms with van der Waals surface area (Å²) in [6, 6.07) is -0.650. The van der Waals surface area contributed by atoms with Crippen molar-refractivity contribution in [2.24, 2.45) is 11.3 Å². The standard InChI is InChI=1S/C21H41N3O2/c1-11-13-24(12-2)16(5)19(15(3)4)22-20(26)17(6)23(10)18(25)14-21(7,8)9/h15,17,19H,5,11-14H2,1-4,6-10H3,(H,22,26)/t17-,19?/m0/s1. The molecule has 0 aromatic rings. The number of nitrogens with zero attached hydrogens (tertiary/aromatic N) is 2. The zero-order chi connectivity index (χ0) is 20.7. The van der Waals surface area contributed by atoms with Gasteiger partial charge in [0.2, 0.25) is 11.8 Å². The van der Waals surface area contributed by atoms with Crippen molar-refractivity contribution in [1.29, 1.82) is 0 Å². The lowest BCUT2D eigenvalue weighted by atomic mass is 9.91. The summed E-state index contributed by atoms with van der Waals surface area (Å²) >= 11 is 0. The zero-order valence-corrected chi connectivity index (χ0v) is 18.5. The quantitative estimate of drug-likeness (QED) is 0.641. The van der Waals surface area contributed by atoms with Crippen molar-refractivity contribution in [2.45, 2.75) is 80.3 Å². The highest BCUT2D eigenvalue weighted by Crippen LogP contribution is 2.20. The van der Waals surface area contributed by atoms with Crippen LogP contribution in [-0.2, 0) is 9.59 Å². The minimum absolute atomic E-state index is 0.0127. The molecule has 0 aromatic carbocycles. The molecule has 5 heteroatoms. The van der Waals surface area contributed by atoms with E-state index in [-0.39, 0.29) is 29.2 Å². The summed E-state index contributed by atoms with van der Waals surface area (Å²) in [4.78, 5) is 29.0. The van der Waals surface area contributed by atoms with Gasteiger partial charge in [-0.15, -0.1) is 0 Å². The molecule has 0 aliphatic heterocycles. The van der Waals surface area contributed by atoms with Gasteiger partial charge in [0, 0.05) is 32.3 Å². The summed E-state index contributed by atoms with van der Waals surface area (Å²) in [6.07, 6.45) is 1.45. The highest BCUT2D eigenvalue weighted by atomic mass is 16.2. The molecule has 0 spiro atoms. The van der Waals surface area contributed by atoms with Crippen molar-refractivity contribution in [2.75, 3.05) is 20.1 Å². The maximum atomic E-state index is 12.8. The third kappa shape index (κ3) is 7.79.